The summed E-state index contributed by atoms with van der Waals surface area (Å²) in [6.45, 7) is 0.0841. The molecule has 2 fully saturated rings. The third-order valence-electron chi connectivity index (χ3n) is 6.30. The van der Waals surface area contributed by atoms with Gasteiger partial charge < -0.3 is 19.9 Å². The monoisotopic (exact) mass is 462 g/mol. The van der Waals surface area contributed by atoms with Gasteiger partial charge in [-0.2, -0.15) is 0 Å². The van der Waals surface area contributed by atoms with Crippen molar-refractivity contribution < 1.29 is 28.7 Å². The number of fused-ring (bicyclic) bond motifs is 1. The van der Waals surface area contributed by atoms with Gasteiger partial charge in [0.15, 0.2) is 0 Å². The average molecular weight is 462 g/mol. The van der Waals surface area contributed by atoms with E-state index in [1.165, 1.54) is 9.80 Å². The van der Waals surface area contributed by atoms with Crippen molar-refractivity contribution in [3.8, 4) is 0 Å². The number of benzene rings is 2. The Morgan fingerprint density at radius 3 is 2.56 bits per heavy atom. The lowest BCUT2D eigenvalue weighted by Crippen LogP contribution is -2.52. The number of rotatable bonds is 3. The molecule has 3 aliphatic heterocycles. The molecular weight excluding hydrogens is 440 g/mol. The molecule has 5 amide bonds. The van der Waals surface area contributed by atoms with Crippen molar-refractivity contribution in [1.82, 2.24) is 15.1 Å². The number of hydrogen-bond donors (Lipinski definition) is 2. The van der Waals surface area contributed by atoms with Crippen LogP contribution in [-0.4, -0.2) is 58.7 Å². The van der Waals surface area contributed by atoms with Gasteiger partial charge in [0.2, 0.25) is 11.8 Å². The quantitative estimate of drug-likeness (QED) is 0.527. The van der Waals surface area contributed by atoms with Gasteiger partial charge in [0.05, 0.1) is 6.04 Å². The maximum atomic E-state index is 13.1. The van der Waals surface area contributed by atoms with Gasteiger partial charge in [-0.1, -0.05) is 30.3 Å². The van der Waals surface area contributed by atoms with E-state index in [1.54, 1.807) is 18.2 Å². The van der Waals surface area contributed by atoms with Gasteiger partial charge in [-0.15, -0.1) is 0 Å². The third-order valence-corrected chi connectivity index (χ3v) is 6.30. The molecule has 2 saturated heterocycles. The molecule has 0 aromatic heterocycles. The molecule has 2 atom stereocenters. The number of nitrogens with one attached hydrogen (secondary N) is 2. The Kier molecular flexibility index (Phi) is 5.48. The zero-order valence-electron chi connectivity index (χ0n) is 18.2. The van der Waals surface area contributed by atoms with Crippen LogP contribution in [0.15, 0.2) is 48.5 Å². The van der Waals surface area contributed by atoms with Crippen molar-refractivity contribution in [1.29, 1.82) is 0 Å². The van der Waals surface area contributed by atoms with Crippen molar-refractivity contribution >= 4 is 35.4 Å². The smallest absolute Gasteiger partial charge is 0.325 e. The number of cyclic esters (lactones) is 1. The number of urea groups is 1. The van der Waals surface area contributed by atoms with E-state index in [9.17, 15) is 24.0 Å². The van der Waals surface area contributed by atoms with Crippen LogP contribution in [0.1, 0.15) is 40.4 Å². The van der Waals surface area contributed by atoms with Crippen LogP contribution in [0.5, 0.6) is 0 Å². The van der Waals surface area contributed by atoms with Gasteiger partial charge in [-0.3, -0.25) is 24.5 Å². The number of anilines is 1. The maximum Gasteiger partial charge on any atom is 0.325 e. The minimum atomic E-state index is -0.707. The minimum absolute atomic E-state index is 0.0653. The summed E-state index contributed by atoms with van der Waals surface area (Å²) in [6.07, 6.45) is 0.457. The number of carbonyl (C=O) groups excluding carboxylic acids is 5. The normalized spacial score (nSPS) is 22.2. The summed E-state index contributed by atoms with van der Waals surface area (Å²) < 4.78 is 5.18. The van der Waals surface area contributed by atoms with E-state index < -0.39 is 30.0 Å². The fourth-order valence-electron chi connectivity index (χ4n) is 4.57. The van der Waals surface area contributed by atoms with Crippen molar-refractivity contribution in [3.05, 3.63) is 65.2 Å². The Morgan fingerprint density at radius 2 is 1.79 bits per heavy atom. The number of hydrogen-bond acceptors (Lipinski definition) is 6. The molecule has 2 aromatic rings. The highest BCUT2D eigenvalue weighted by atomic mass is 16.5. The Hall–Kier alpha value is -4.21. The first-order valence-corrected chi connectivity index (χ1v) is 11.0. The fraction of sp³-hybridized carbons (Fsp3) is 0.292. The van der Waals surface area contributed by atoms with Crippen LogP contribution < -0.4 is 10.6 Å². The summed E-state index contributed by atoms with van der Waals surface area (Å²) in [5.74, 6) is -1.59. The molecule has 1 unspecified atom stereocenters. The number of carbonyl (C=O) groups is 5. The molecule has 10 nitrogen and oxygen atoms in total. The number of nitrogens with zero attached hydrogens (tertiary/aromatic N) is 2. The number of imide groups is 1. The van der Waals surface area contributed by atoms with E-state index in [0.717, 1.165) is 5.56 Å². The van der Waals surface area contributed by atoms with Crippen LogP contribution in [-0.2, 0) is 25.7 Å². The topological polar surface area (TPSA) is 125 Å². The van der Waals surface area contributed by atoms with E-state index in [0.29, 0.717) is 16.8 Å². The van der Waals surface area contributed by atoms with Gasteiger partial charge in [-0.05, 0) is 35.7 Å². The van der Waals surface area contributed by atoms with Crippen molar-refractivity contribution in [2.45, 2.75) is 31.5 Å². The molecule has 0 radical (unpaired) electrons. The lowest BCUT2D eigenvalue weighted by atomic mass is 10.0. The summed E-state index contributed by atoms with van der Waals surface area (Å²) in [5.41, 5.74) is 2.44. The van der Waals surface area contributed by atoms with E-state index in [2.05, 4.69) is 10.6 Å². The summed E-state index contributed by atoms with van der Waals surface area (Å²) in [4.78, 5) is 64.4. The third kappa shape index (κ3) is 3.98. The SMILES string of the molecule is O=C1CCC(N2Cc3cc(NC(=O)N4CC(=O)OC[C@@H]4c4ccccc4)ccc3C2=O)C(=O)N1. The molecule has 2 aromatic carbocycles. The second kappa shape index (κ2) is 8.62. The van der Waals surface area contributed by atoms with E-state index in [-0.39, 0.29) is 44.4 Å². The molecule has 0 spiro atoms. The van der Waals surface area contributed by atoms with Gasteiger partial charge in [-0.25, -0.2) is 4.79 Å². The summed E-state index contributed by atoms with van der Waals surface area (Å²) in [5, 5.41) is 5.09. The average Bonchev–Trinajstić information content (AvgIpc) is 3.15. The molecule has 10 heteroatoms. The summed E-state index contributed by atoms with van der Waals surface area (Å²) in [6, 6.07) is 12.6. The number of piperidine rings is 1. The minimum Gasteiger partial charge on any atom is -0.462 e. The second-order valence-electron chi connectivity index (χ2n) is 8.44. The lowest BCUT2D eigenvalue weighted by Gasteiger charge is -2.34. The number of esters is 1. The van der Waals surface area contributed by atoms with Crippen LogP contribution in [0.4, 0.5) is 10.5 Å². The predicted molar refractivity (Wildman–Crippen MR) is 118 cm³/mol. The second-order valence-corrected chi connectivity index (χ2v) is 8.44. The van der Waals surface area contributed by atoms with Crippen LogP contribution in [0, 0.1) is 0 Å². The molecule has 3 heterocycles. The van der Waals surface area contributed by atoms with E-state index in [1.807, 2.05) is 30.3 Å². The van der Waals surface area contributed by atoms with Crippen LogP contribution in [0.3, 0.4) is 0 Å². The molecule has 0 aliphatic carbocycles. The Morgan fingerprint density at radius 1 is 1.00 bits per heavy atom. The molecule has 0 saturated carbocycles. The molecule has 5 rings (SSSR count). The Balaban J connectivity index is 1.32. The molecule has 174 valence electrons. The van der Waals surface area contributed by atoms with Crippen LogP contribution in [0.25, 0.3) is 0 Å². The first-order chi connectivity index (χ1) is 16.4. The highest BCUT2D eigenvalue weighted by Gasteiger charge is 2.39. The van der Waals surface area contributed by atoms with Gasteiger partial charge in [0.1, 0.15) is 19.2 Å². The van der Waals surface area contributed by atoms with Crippen molar-refractivity contribution in [2.24, 2.45) is 0 Å². The van der Waals surface area contributed by atoms with Gasteiger partial charge in [0, 0.05) is 24.2 Å². The number of morpholine rings is 1. The molecule has 34 heavy (non-hydrogen) atoms. The standard InChI is InChI=1S/C24H22N4O6/c29-20-9-8-18(22(31)26-20)27-11-15-10-16(6-7-17(15)23(27)32)25-24(33)28-12-21(30)34-13-19(28)14-4-2-1-3-5-14/h1-7,10,18-19H,8-9,11-13H2,(H,25,33)(H,26,29,31)/t18?,19-/m1/s1. The van der Waals surface area contributed by atoms with Crippen molar-refractivity contribution in [2.75, 3.05) is 18.5 Å². The molecule has 3 aliphatic rings. The molecule has 2 N–H and O–H groups in total. The summed E-state index contributed by atoms with van der Waals surface area (Å²) >= 11 is 0. The summed E-state index contributed by atoms with van der Waals surface area (Å²) in [7, 11) is 0. The predicted octanol–water partition coefficient (Wildman–Crippen LogP) is 1.58. The van der Waals surface area contributed by atoms with Crippen molar-refractivity contribution in [3.63, 3.8) is 0 Å². The highest BCUT2D eigenvalue weighted by molar-refractivity contribution is 6.05. The zero-order chi connectivity index (χ0) is 23.8. The lowest BCUT2D eigenvalue weighted by molar-refractivity contribution is -0.152. The Labute approximate surface area is 194 Å². The first-order valence-electron chi connectivity index (χ1n) is 11.0. The molecular formula is C24H22N4O6. The number of amides is 5. The maximum absolute atomic E-state index is 13.1. The van der Waals surface area contributed by atoms with Gasteiger partial charge in [0.25, 0.3) is 5.91 Å². The van der Waals surface area contributed by atoms with E-state index >= 15 is 0 Å². The first kappa shape index (κ1) is 21.6. The van der Waals surface area contributed by atoms with Crippen LogP contribution in [0.2, 0.25) is 0 Å². The van der Waals surface area contributed by atoms with Crippen LogP contribution >= 0.6 is 0 Å². The molecule has 0 bridgehead atoms. The Bertz CT molecular complexity index is 1200. The highest BCUT2D eigenvalue weighted by Crippen LogP contribution is 2.30. The zero-order valence-corrected chi connectivity index (χ0v) is 18.2. The van der Waals surface area contributed by atoms with E-state index in [4.69, 9.17) is 4.74 Å². The number of ether oxygens (including phenoxy) is 1. The van der Waals surface area contributed by atoms with Gasteiger partial charge >= 0.3 is 12.0 Å². The fourth-order valence-corrected chi connectivity index (χ4v) is 4.57. The largest absolute Gasteiger partial charge is 0.462 e.